The van der Waals surface area contributed by atoms with Crippen molar-refractivity contribution < 1.29 is 23.9 Å². The van der Waals surface area contributed by atoms with E-state index in [0.29, 0.717) is 10.0 Å². The first kappa shape index (κ1) is 19.7. The molecule has 9 heteroatoms. The molecule has 1 heterocycles. The highest BCUT2D eigenvalue weighted by atomic mass is 35.5. The van der Waals surface area contributed by atoms with E-state index >= 15 is 0 Å². The zero-order valence-electron chi connectivity index (χ0n) is 13.9. The predicted octanol–water partition coefficient (Wildman–Crippen LogP) is 3.31. The number of carbonyl (C=O) groups is 3. The van der Waals surface area contributed by atoms with Gasteiger partial charge in [-0.25, -0.2) is 14.6 Å². The molecule has 0 aliphatic heterocycles. The molecule has 0 saturated heterocycles. The zero-order valence-corrected chi connectivity index (χ0v) is 15.5. The summed E-state index contributed by atoms with van der Waals surface area (Å²) < 4.78 is 9.43. The molecule has 0 radical (unpaired) electrons. The maximum Gasteiger partial charge on any atom is 0.413 e. The minimum atomic E-state index is -1.19. The number of ether oxygens (including phenoxy) is 2. The van der Waals surface area contributed by atoms with Crippen LogP contribution in [0.5, 0.6) is 0 Å². The van der Waals surface area contributed by atoms with Crippen molar-refractivity contribution in [2.24, 2.45) is 0 Å². The van der Waals surface area contributed by atoms with Crippen molar-refractivity contribution in [1.29, 1.82) is 0 Å². The van der Waals surface area contributed by atoms with Gasteiger partial charge in [0.25, 0.3) is 5.91 Å². The van der Waals surface area contributed by atoms with Crippen molar-refractivity contribution in [2.75, 3.05) is 7.11 Å². The van der Waals surface area contributed by atoms with Gasteiger partial charge in [-0.2, -0.15) is 0 Å². The van der Waals surface area contributed by atoms with Crippen LogP contribution in [0.4, 0.5) is 4.79 Å². The normalized spacial score (nSPS) is 11.3. The van der Waals surface area contributed by atoms with Crippen LogP contribution in [0, 0.1) is 0 Å². The van der Waals surface area contributed by atoms with Crippen LogP contribution in [-0.2, 0) is 14.3 Å². The van der Waals surface area contributed by atoms with Gasteiger partial charge < -0.3 is 9.47 Å². The van der Waals surface area contributed by atoms with Crippen molar-refractivity contribution in [2.45, 2.75) is 22.9 Å². The van der Waals surface area contributed by atoms with Gasteiger partial charge in [0.05, 0.1) is 17.7 Å². The van der Waals surface area contributed by atoms with Crippen LogP contribution in [0.15, 0.2) is 52.5 Å². The van der Waals surface area contributed by atoms with Crippen LogP contribution in [0.3, 0.4) is 0 Å². The van der Waals surface area contributed by atoms with E-state index < -0.39 is 24.1 Å². The van der Waals surface area contributed by atoms with Gasteiger partial charge in [0, 0.05) is 11.1 Å². The summed E-state index contributed by atoms with van der Waals surface area (Å²) in [4.78, 5) is 40.1. The average molecular weight is 395 g/mol. The summed E-state index contributed by atoms with van der Waals surface area (Å²) in [6, 6.07) is 10.2. The third-order valence-electron chi connectivity index (χ3n) is 3.10. The van der Waals surface area contributed by atoms with E-state index in [1.807, 2.05) is 11.4 Å². The van der Waals surface area contributed by atoms with E-state index in [-0.39, 0.29) is 5.56 Å². The molecule has 0 aliphatic rings. The summed E-state index contributed by atoms with van der Waals surface area (Å²) >= 11 is 7.33. The van der Waals surface area contributed by atoms with Crippen molar-refractivity contribution in [3.05, 3.63) is 53.2 Å². The summed E-state index contributed by atoms with van der Waals surface area (Å²) in [5, 5.41) is 2.83. The summed E-state index contributed by atoms with van der Waals surface area (Å²) in [6.07, 6.45) is -0.599. The van der Waals surface area contributed by atoms with Crippen molar-refractivity contribution in [3.8, 4) is 0 Å². The summed E-state index contributed by atoms with van der Waals surface area (Å²) in [7, 11) is 1.12. The molecule has 2 rings (SSSR count). The second kappa shape index (κ2) is 9.21. The highest BCUT2D eigenvalue weighted by molar-refractivity contribution is 7.99. The van der Waals surface area contributed by atoms with Gasteiger partial charge >= 0.3 is 12.1 Å². The van der Waals surface area contributed by atoms with E-state index in [0.717, 1.165) is 12.0 Å². The van der Waals surface area contributed by atoms with Crippen LogP contribution in [0.1, 0.15) is 17.3 Å². The minimum absolute atomic E-state index is 0.176. The lowest BCUT2D eigenvalue weighted by molar-refractivity contribution is -0.128. The molecule has 2 aromatic rings. The van der Waals surface area contributed by atoms with Crippen molar-refractivity contribution >= 4 is 41.3 Å². The number of methoxy groups -OCH3 is 1. The molecule has 0 spiro atoms. The minimum Gasteiger partial charge on any atom is -0.453 e. The SMILES string of the molecule is COC(=O)NC(=O)[C@H](C)OC(=O)c1cccnc1Sc1ccccc1Cl. The Kier molecular flexibility index (Phi) is 6.99. The number of carbonyl (C=O) groups excluding carboxylic acids is 3. The third-order valence-corrected chi connectivity index (χ3v) is 4.63. The van der Waals surface area contributed by atoms with Crippen molar-refractivity contribution in [3.63, 3.8) is 0 Å². The first-order valence-electron chi connectivity index (χ1n) is 7.39. The lowest BCUT2D eigenvalue weighted by Crippen LogP contribution is -2.39. The topological polar surface area (TPSA) is 94.6 Å². The number of benzene rings is 1. The summed E-state index contributed by atoms with van der Waals surface area (Å²) in [6.45, 7) is 1.34. The predicted molar refractivity (Wildman–Crippen MR) is 95.2 cm³/mol. The zero-order chi connectivity index (χ0) is 19.1. The van der Waals surface area contributed by atoms with E-state index in [9.17, 15) is 14.4 Å². The second-order valence-corrected chi connectivity index (χ2v) is 6.35. The van der Waals surface area contributed by atoms with Crippen LogP contribution in [0.2, 0.25) is 5.02 Å². The number of nitrogens with one attached hydrogen (secondary N) is 1. The Morgan fingerprint density at radius 2 is 1.92 bits per heavy atom. The Hall–Kier alpha value is -2.58. The molecular weight excluding hydrogens is 380 g/mol. The molecule has 1 aromatic carbocycles. The Balaban J connectivity index is 2.13. The van der Waals surface area contributed by atoms with E-state index in [2.05, 4.69) is 9.72 Å². The quantitative estimate of drug-likeness (QED) is 0.777. The van der Waals surface area contributed by atoms with Gasteiger partial charge in [-0.3, -0.25) is 10.1 Å². The lowest BCUT2D eigenvalue weighted by Gasteiger charge is -2.13. The molecule has 26 heavy (non-hydrogen) atoms. The second-order valence-electron chi connectivity index (χ2n) is 4.92. The molecule has 1 aromatic heterocycles. The molecule has 0 unspecified atom stereocenters. The molecule has 0 aliphatic carbocycles. The Labute approximate surface area is 159 Å². The smallest absolute Gasteiger partial charge is 0.413 e. The number of esters is 1. The van der Waals surface area contributed by atoms with Crippen molar-refractivity contribution in [1.82, 2.24) is 10.3 Å². The molecule has 7 nitrogen and oxygen atoms in total. The number of alkyl carbamates (subject to hydrolysis) is 1. The van der Waals surface area contributed by atoms with E-state index in [4.69, 9.17) is 16.3 Å². The number of amides is 2. The summed E-state index contributed by atoms with van der Waals surface area (Å²) in [5.41, 5.74) is 0.176. The number of hydrogen-bond acceptors (Lipinski definition) is 7. The van der Waals surface area contributed by atoms with Crippen LogP contribution >= 0.6 is 23.4 Å². The molecule has 2 amide bonds. The molecular formula is C17H15ClN2O5S. The molecule has 1 atom stereocenters. The number of halogens is 1. The number of imide groups is 1. The average Bonchev–Trinajstić information content (AvgIpc) is 2.63. The number of pyridine rings is 1. The van der Waals surface area contributed by atoms with Crippen LogP contribution < -0.4 is 5.32 Å². The number of nitrogens with zero attached hydrogens (tertiary/aromatic N) is 1. The molecule has 136 valence electrons. The molecule has 0 fully saturated rings. The largest absolute Gasteiger partial charge is 0.453 e. The molecule has 0 saturated carbocycles. The Bertz CT molecular complexity index is 830. The fourth-order valence-electron chi connectivity index (χ4n) is 1.79. The number of rotatable bonds is 5. The highest BCUT2D eigenvalue weighted by Crippen LogP contribution is 2.33. The van der Waals surface area contributed by atoms with Gasteiger partial charge in [0.1, 0.15) is 5.03 Å². The maximum absolute atomic E-state index is 12.4. The molecule has 0 bridgehead atoms. The third kappa shape index (κ3) is 5.21. The van der Waals surface area contributed by atoms with Gasteiger partial charge in [0.2, 0.25) is 0 Å². The van der Waals surface area contributed by atoms with E-state index in [1.165, 1.54) is 30.9 Å². The van der Waals surface area contributed by atoms with Gasteiger partial charge in [-0.05, 0) is 31.2 Å². The van der Waals surface area contributed by atoms with Crippen LogP contribution in [-0.4, -0.2) is 36.2 Å². The highest BCUT2D eigenvalue weighted by Gasteiger charge is 2.23. The Morgan fingerprint density at radius 3 is 2.62 bits per heavy atom. The maximum atomic E-state index is 12.4. The summed E-state index contributed by atoms with van der Waals surface area (Å²) in [5.74, 6) is -1.55. The fraction of sp³-hybridized carbons (Fsp3) is 0.176. The monoisotopic (exact) mass is 394 g/mol. The van der Waals surface area contributed by atoms with Gasteiger partial charge in [-0.1, -0.05) is 35.5 Å². The lowest BCUT2D eigenvalue weighted by atomic mass is 10.3. The fourth-order valence-corrected chi connectivity index (χ4v) is 2.94. The van der Waals surface area contributed by atoms with Gasteiger partial charge in [-0.15, -0.1) is 0 Å². The van der Waals surface area contributed by atoms with Crippen LogP contribution in [0.25, 0.3) is 0 Å². The van der Waals surface area contributed by atoms with Gasteiger partial charge in [0.15, 0.2) is 6.10 Å². The van der Waals surface area contributed by atoms with E-state index in [1.54, 1.807) is 24.3 Å². The standard InChI is InChI=1S/C17H15ClN2O5S/c1-10(14(21)20-17(23)24-2)25-16(22)11-6-5-9-19-15(11)26-13-8-4-3-7-12(13)18/h3-10H,1-2H3,(H,20,21,23)/t10-/m0/s1. The number of hydrogen-bond donors (Lipinski definition) is 1. The number of aromatic nitrogens is 1. The first-order valence-corrected chi connectivity index (χ1v) is 8.59. The first-order chi connectivity index (χ1) is 12.4. The molecule has 1 N–H and O–H groups in total. The Morgan fingerprint density at radius 1 is 1.19 bits per heavy atom.